The lowest BCUT2D eigenvalue weighted by atomic mass is 9.88. The summed E-state index contributed by atoms with van der Waals surface area (Å²) in [5.41, 5.74) is 0.646. The molecule has 1 amide bonds. The number of anilines is 1. The van der Waals surface area contributed by atoms with Crippen molar-refractivity contribution in [3.8, 4) is 5.75 Å². The van der Waals surface area contributed by atoms with Crippen molar-refractivity contribution >= 4 is 11.6 Å². The first-order valence-corrected chi connectivity index (χ1v) is 9.50. The van der Waals surface area contributed by atoms with Crippen LogP contribution in [0.1, 0.15) is 39.0 Å². The standard InChI is InChI=1S/C20H30N2O3/c1-20(9-2-3-10-20)19(23)21-17-5-7-18(8-6-17)25-14-4-11-22-12-15-24-16-13-22/h5-8H,2-4,9-16H2,1H3,(H,21,23). The zero-order valence-corrected chi connectivity index (χ0v) is 15.3. The molecule has 3 rings (SSSR count). The second-order valence-electron chi connectivity index (χ2n) is 7.40. The molecule has 0 unspecified atom stereocenters. The van der Waals surface area contributed by atoms with E-state index >= 15 is 0 Å². The summed E-state index contributed by atoms with van der Waals surface area (Å²) in [5.74, 6) is 0.997. The number of ether oxygens (including phenoxy) is 2. The fourth-order valence-electron chi connectivity index (χ4n) is 3.60. The molecule has 0 spiro atoms. The zero-order chi connectivity index (χ0) is 17.5. The van der Waals surface area contributed by atoms with E-state index in [-0.39, 0.29) is 11.3 Å². The SMILES string of the molecule is CC1(C(=O)Nc2ccc(OCCCN3CCOCC3)cc2)CCCC1. The summed E-state index contributed by atoms with van der Waals surface area (Å²) in [4.78, 5) is 14.8. The Morgan fingerprint density at radius 2 is 1.88 bits per heavy atom. The highest BCUT2D eigenvalue weighted by atomic mass is 16.5. The zero-order valence-electron chi connectivity index (χ0n) is 15.3. The first-order valence-electron chi connectivity index (χ1n) is 9.50. The lowest BCUT2D eigenvalue weighted by Crippen LogP contribution is -2.37. The van der Waals surface area contributed by atoms with E-state index in [1.807, 2.05) is 24.3 Å². The average molecular weight is 346 g/mol. The third-order valence-electron chi connectivity index (χ3n) is 5.36. The largest absolute Gasteiger partial charge is 0.494 e. The Labute approximate surface area is 150 Å². The molecular weight excluding hydrogens is 316 g/mol. The molecule has 5 nitrogen and oxygen atoms in total. The minimum atomic E-state index is -0.200. The van der Waals surface area contributed by atoms with E-state index in [4.69, 9.17) is 9.47 Å². The third-order valence-corrected chi connectivity index (χ3v) is 5.36. The van der Waals surface area contributed by atoms with Crippen molar-refractivity contribution in [2.45, 2.75) is 39.0 Å². The summed E-state index contributed by atoms with van der Waals surface area (Å²) in [6, 6.07) is 7.71. The van der Waals surface area contributed by atoms with Gasteiger partial charge in [-0.25, -0.2) is 0 Å². The summed E-state index contributed by atoms with van der Waals surface area (Å²) < 4.78 is 11.2. The number of morpholine rings is 1. The molecule has 2 aliphatic rings. The summed E-state index contributed by atoms with van der Waals surface area (Å²) in [6.45, 7) is 7.55. The van der Waals surface area contributed by atoms with Gasteiger partial charge in [-0.2, -0.15) is 0 Å². The Kier molecular flexibility index (Phi) is 6.32. The molecule has 1 aromatic carbocycles. The lowest BCUT2D eigenvalue weighted by molar-refractivity contribution is -0.124. The number of hydrogen-bond acceptors (Lipinski definition) is 4. The molecule has 0 radical (unpaired) electrons. The summed E-state index contributed by atoms with van der Waals surface area (Å²) in [7, 11) is 0. The van der Waals surface area contributed by atoms with Crippen LogP contribution < -0.4 is 10.1 Å². The fraction of sp³-hybridized carbons (Fsp3) is 0.650. The normalized spacial score (nSPS) is 20.4. The van der Waals surface area contributed by atoms with Crippen molar-refractivity contribution < 1.29 is 14.3 Å². The first-order chi connectivity index (χ1) is 12.2. The van der Waals surface area contributed by atoms with Crippen molar-refractivity contribution in [2.24, 2.45) is 5.41 Å². The van der Waals surface area contributed by atoms with Crippen LogP contribution in [0.5, 0.6) is 5.75 Å². The maximum atomic E-state index is 12.4. The summed E-state index contributed by atoms with van der Waals surface area (Å²) in [6.07, 6.45) is 5.30. The fourth-order valence-corrected chi connectivity index (χ4v) is 3.60. The molecule has 25 heavy (non-hydrogen) atoms. The Balaban J connectivity index is 1.38. The number of carbonyl (C=O) groups is 1. The predicted octanol–water partition coefficient (Wildman–Crippen LogP) is 3.31. The highest BCUT2D eigenvalue weighted by Crippen LogP contribution is 2.38. The Morgan fingerprint density at radius 3 is 2.56 bits per heavy atom. The maximum Gasteiger partial charge on any atom is 0.230 e. The predicted molar refractivity (Wildman–Crippen MR) is 99.0 cm³/mol. The van der Waals surface area contributed by atoms with E-state index in [1.54, 1.807) is 0 Å². The quantitative estimate of drug-likeness (QED) is 0.770. The molecule has 1 saturated heterocycles. The molecule has 138 valence electrons. The van der Waals surface area contributed by atoms with E-state index in [1.165, 1.54) is 0 Å². The van der Waals surface area contributed by atoms with Crippen molar-refractivity contribution in [2.75, 3.05) is 44.8 Å². The maximum absolute atomic E-state index is 12.4. The van der Waals surface area contributed by atoms with Crippen molar-refractivity contribution in [1.29, 1.82) is 0 Å². The van der Waals surface area contributed by atoms with E-state index < -0.39 is 0 Å². The first kappa shape index (κ1) is 18.2. The van der Waals surface area contributed by atoms with Crippen LogP contribution in [0.2, 0.25) is 0 Å². The van der Waals surface area contributed by atoms with Gasteiger partial charge < -0.3 is 14.8 Å². The van der Waals surface area contributed by atoms with Gasteiger partial charge in [0.15, 0.2) is 0 Å². The molecule has 2 fully saturated rings. The van der Waals surface area contributed by atoms with Gasteiger partial charge in [-0.15, -0.1) is 0 Å². The Morgan fingerprint density at radius 1 is 1.20 bits per heavy atom. The molecule has 0 aromatic heterocycles. The molecule has 1 N–H and O–H groups in total. The number of amides is 1. The molecule has 1 saturated carbocycles. The molecule has 5 heteroatoms. The van der Waals surface area contributed by atoms with Gasteiger partial charge >= 0.3 is 0 Å². The van der Waals surface area contributed by atoms with Crippen LogP contribution in [0, 0.1) is 5.41 Å². The van der Waals surface area contributed by atoms with Crippen LogP contribution in [0.15, 0.2) is 24.3 Å². The summed E-state index contributed by atoms with van der Waals surface area (Å²) in [5, 5.41) is 3.05. The van der Waals surface area contributed by atoms with E-state index in [0.29, 0.717) is 6.61 Å². The van der Waals surface area contributed by atoms with Crippen LogP contribution in [-0.4, -0.2) is 50.3 Å². The van der Waals surface area contributed by atoms with Gasteiger partial charge in [0.2, 0.25) is 5.91 Å². The monoisotopic (exact) mass is 346 g/mol. The second kappa shape index (κ2) is 8.68. The van der Waals surface area contributed by atoms with Crippen LogP contribution in [0.25, 0.3) is 0 Å². The summed E-state index contributed by atoms with van der Waals surface area (Å²) >= 11 is 0. The topological polar surface area (TPSA) is 50.8 Å². The second-order valence-corrected chi connectivity index (χ2v) is 7.40. The van der Waals surface area contributed by atoms with Gasteiger partial charge in [-0.3, -0.25) is 9.69 Å². The van der Waals surface area contributed by atoms with Gasteiger partial charge in [0.25, 0.3) is 0 Å². The molecule has 0 atom stereocenters. The number of carbonyl (C=O) groups excluding carboxylic acids is 1. The van der Waals surface area contributed by atoms with E-state index in [2.05, 4.69) is 17.1 Å². The van der Waals surface area contributed by atoms with Gasteiger partial charge in [0, 0.05) is 30.7 Å². The number of nitrogens with one attached hydrogen (secondary N) is 1. The van der Waals surface area contributed by atoms with Gasteiger partial charge in [-0.1, -0.05) is 19.8 Å². The third kappa shape index (κ3) is 5.19. The number of benzene rings is 1. The van der Waals surface area contributed by atoms with E-state index in [0.717, 1.165) is 76.4 Å². The number of rotatable bonds is 7. The van der Waals surface area contributed by atoms with Crippen LogP contribution in [-0.2, 0) is 9.53 Å². The van der Waals surface area contributed by atoms with Crippen molar-refractivity contribution in [3.63, 3.8) is 0 Å². The lowest BCUT2D eigenvalue weighted by Gasteiger charge is -2.26. The number of hydrogen-bond donors (Lipinski definition) is 1. The molecule has 1 heterocycles. The van der Waals surface area contributed by atoms with Crippen LogP contribution >= 0.6 is 0 Å². The van der Waals surface area contributed by atoms with Crippen molar-refractivity contribution in [1.82, 2.24) is 4.90 Å². The van der Waals surface area contributed by atoms with Crippen LogP contribution in [0.4, 0.5) is 5.69 Å². The van der Waals surface area contributed by atoms with Gasteiger partial charge in [-0.05, 0) is 43.5 Å². The molecule has 0 bridgehead atoms. The Bertz CT molecular complexity index is 547. The Hall–Kier alpha value is -1.59. The smallest absolute Gasteiger partial charge is 0.230 e. The van der Waals surface area contributed by atoms with E-state index in [9.17, 15) is 4.79 Å². The highest BCUT2D eigenvalue weighted by Gasteiger charge is 2.36. The number of nitrogens with zero attached hydrogens (tertiary/aromatic N) is 1. The average Bonchev–Trinajstić information content (AvgIpc) is 3.09. The minimum absolute atomic E-state index is 0.143. The molecule has 1 aliphatic carbocycles. The molecule has 1 aliphatic heterocycles. The highest BCUT2D eigenvalue weighted by molar-refractivity contribution is 5.95. The molecule has 1 aromatic rings. The molecular formula is C20H30N2O3. The van der Waals surface area contributed by atoms with Gasteiger partial charge in [0.05, 0.1) is 19.8 Å². The van der Waals surface area contributed by atoms with Crippen LogP contribution in [0.3, 0.4) is 0 Å². The minimum Gasteiger partial charge on any atom is -0.494 e. The van der Waals surface area contributed by atoms with Gasteiger partial charge in [0.1, 0.15) is 5.75 Å². The van der Waals surface area contributed by atoms with Crippen molar-refractivity contribution in [3.05, 3.63) is 24.3 Å².